The Bertz CT molecular complexity index is 2620. The predicted octanol–water partition coefficient (Wildman–Crippen LogP) is 8.11. The third kappa shape index (κ3) is 9.70. The molecule has 0 saturated carbocycles. The van der Waals surface area contributed by atoms with Gasteiger partial charge < -0.3 is 33.5 Å². The van der Waals surface area contributed by atoms with Crippen molar-refractivity contribution in [3.8, 4) is 0 Å². The number of nitrogens with zero attached hydrogens (tertiary/aromatic N) is 3. The van der Waals surface area contributed by atoms with Crippen molar-refractivity contribution < 1.29 is 41.9 Å². The summed E-state index contributed by atoms with van der Waals surface area (Å²) in [6.45, 7) is 4.71. The standard InChI is InChI=1S/C51H55N3O9S/c1-34(2)44-51(59-4)52-41(50(53-44)58-3)29-40-39-27-17-18-28-42(39)54(64(56,57)38-25-15-8-16-26-38)45(40)48-46(55)49(62-32-37-23-13-7-14-24-37)47(61-31-36-21-11-6-12-22-36)43(63-48)33-60-30-35-19-9-5-10-20-35/h5-28,34,41,43-44,46-49,55H,29-33H2,1-4H3/t41-,43-,44+,46-,47-,48+,49-/m0/s1. The first-order valence-electron chi connectivity index (χ1n) is 21.6. The lowest BCUT2D eigenvalue weighted by Gasteiger charge is -2.45. The molecule has 2 aliphatic heterocycles. The van der Waals surface area contributed by atoms with Crippen LogP contribution in [0.5, 0.6) is 0 Å². The van der Waals surface area contributed by atoms with Crippen molar-refractivity contribution in [1.29, 1.82) is 0 Å². The zero-order chi connectivity index (χ0) is 44.6. The Balaban J connectivity index is 1.30. The average molecular weight is 886 g/mol. The van der Waals surface area contributed by atoms with Gasteiger partial charge in [0.05, 0.1) is 56.8 Å². The smallest absolute Gasteiger partial charge is 0.268 e. The Labute approximate surface area is 375 Å². The van der Waals surface area contributed by atoms with Crippen LogP contribution in [-0.4, -0.2) is 86.6 Å². The van der Waals surface area contributed by atoms with Gasteiger partial charge in [0.2, 0.25) is 11.8 Å². The van der Waals surface area contributed by atoms with E-state index in [2.05, 4.69) is 0 Å². The molecule has 8 rings (SSSR count). The van der Waals surface area contributed by atoms with Crippen LogP contribution in [0.3, 0.4) is 0 Å². The van der Waals surface area contributed by atoms with Gasteiger partial charge in [0, 0.05) is 11.8 Å². The third-order valence-electron chi connectivity index (χ3n) is 11.7. The second kappa shape index (κ2) is 20.4. The second-order valence-electron chi connectivity index (χ2n) is 16.3. The van der Waals surface area contributed by atoms with Crippen molar-refractivity contribution in [2.45, 2.75) is 87.6 Å². The Kier molecular flexibility index (Phi) is 14.3. The van der Waals surface area contributed by atoms with Gasteiger partial charge in [-0.25, -0.2) is 22.4 Å². The highest BCUT2D eigenvalue weighted by molar-refractivity contribution is 7.90. The van der Waals surface area contributed by atoms with E-state index in [1.54, 1.807) is 56.7 Å². The number of rotatable bonds is 16. The van der Waals surface area contributed by atoms with E-state index >= 15 is 8.42 Å². The highest BCUT2D eigenvalue weighted by Gasteiger charge is 2.50. The van der Waals surface area contributed by atoms with Gasteiger partial charge >= 0.3 is 0 Å². The van der Waals surface area contributed by atoms with Gasteiger partial charge in [0.1, 0.15) is 42.6 Å². The van der Waals surface area contributed by atoms with E-state index in [0.717, 1.165) is 16.7 Å². The van der Waals surface area contributed by atoms with Crippen LogP contribution in [0.25, 0.3) is 10.9 Å². The molecule has 12 nitrogen and oxygen atoms in total. The maximum atomic E-state index is 15.2. The summed E-state index contributed by atoms with van der Waals surface area (Å²) in [5.41, 5.74) is 3.95. The zero-order valence-electron chi connectivity index (χ0n) is 36.5. The lowest BCUT2D eigenvalue weighted by molar-refractivity contribution is -0.264. The van der Waals surface area contributed by atoms with E-state index < -0.39 is 46.6 Å². The SMILES string of the molecule is COC1=N[C@H](C(C)C)C(OC)=N[C@H]1Cc1c([C@H]2O[C@@H](COCc3ccccc3)[C@H](OCc3ccccc3)[C@@H](OCc3ccccc3)[C@H]2O)n(S(=O)(=O)c2ccccc2)c2ccccc12. The summed E-state index contributed by atoms with van der Waals surface area (Å²) in [5, 5.41) is 13.6. The van der Waals surface area contributed by atoms with Crippen LogP contribution in [0.15, 0.2) is 160 Å². The Morgan fingerprint density at radius 3 is 1.78 bits per heavy atom. The van der Waals surface area contributed by atoms with Crippen molar-refractivity contribution in [1.82, 2.24) is 3.97 Å². The van der Waals surface area contributed by atoms with Gasteiger partial charge in [-0.1, -0.05) is 141 Å². The topological polar surface area (TPSA) is 139 Å². The summed E-state index contributed by atoms with van der Waals surface area (Å²) in [7, 11) is -1.22. The average Bonchev–Trinajstić information content (AvgIpc) is 3.66. The maximum absolute atomic E-state index is 15.2. The van der Waals surface area contributed by atoms with Crippen molar-refractivity contribution >= 4 is 32.7 Å². The Hall–Kier alpha value is -5.67. The summed E-state index contributed by atoms with van der Waals surface area (Å²) in [6.07, 6.45) is -5.34. The minimum absolute atomic E-state index is 0.0327. The van der Waals surface area contributed by atoms with Crippen LogP contribution in [0.4, 0.5) is 0 Å². The second-order valence-corrected chi connectivity index (χ2v) is 18.1. The Morgan fingerprint density at radius 1 is 0.672 bits per heavy atom. The molecule has 2 aliphatic rings. The number of aliphatic imine (C=N–C) groups is 2. The number of aromatic nitrogens is 1. The van der Waals surface area contributed by atoms with E-state index in [1.165, 1.54) is 3.97 Å². The summed E-state index contributed by atoms with van der Waals surface area (Å²) in [6, 6.07) is 43.7. The molecule has 0 amide bonds. The lowest BCUT2D eigenvalue weighted by atomic mass is 9.90. The number of benzene rings is 5. The molecule has 5 aromatic carbocycles. The van der Waals surface area contributed by atoms with Gasteiger partial charge in [0.25, 0.3) is 10.0 Å². The van der Waals surface area contributed by atoms with Gasteiger partial charge in [-0.3, -0.25) is 0 Å². The number of para-hydroxylation sites is 1. The van der Waals surface area contributed by atoms with Crippen molar-refractivity contribution in [2.24, 2.45) is 15.9 Å². The number of hydrogen-bond donors (Lipinski definition) is 1. The summed E-state index contributed by atoms with van der Waals surface area (Å²) in [4.78, 5) is 10.0. The van der Waals surface area contributed by atoms with Crippen LogP contribution in [0.2, 0.25) is 0 Å². The van der Waals surface area contributed by atoms with Crippen LogP contribution in [-0.2, 0) is 64.7 Å². The van der Waals surface area contributed by atoms with Crippen LogP contribution in [0.1, 0.15) is 47.9 Å². The minimum Gasteiger partial charge on any atom is -0.483 e. The van der Waals surface area contributed by atoms with Gasteiger partial charge in [-0.2, -0.15) is 0 Å². The predicted molar refractivity (Wildman–Crippen MR) is 246 cm³/mol. The minimum atomic E-state index is -4.35. The van der Waals surface area contributed by atoms with Gasteiger partial charge in [0.15, 0.2) is 0 Å². The molecule has 64 heavy (non-hydrogen) atoms. The zero-order valence-corrected chi connectivity index (χ0v) is 37.3. The highest BCUT2D eigenvalue weighted by atomic mass is 32.2. The summed E-state index contributed by atoms with van der Waals surface area (Å²) < 4.78 is 70.5. The fourth-order valence-corrected chi connectivity index (χ4v) is 10.1. The lowest BCUT2D eigenvalue weighted by Crippen LogP contribution is -2.58. The molecule has 0 radical (unpaired) electrons. The van der Waals surface area contributed by atoms with Crippen LogP contribution < -0.4 is 0 Å². The van der Waals surface area contributed by atoms with E-state index in [1.807, 2.05) is 117 Å². The highest BCUT2D eigenvalue weighted by Crippen LogP contribution is 2.43. The monoisotopic (exact) mass is 885 g/mol. The molecule has 1 fully saturated rings. The molecule has 0 aliphatic carbocycles. The fraction of sp³-hybridized carbons (Fsp3) is 0.333. The summed E-state index contributed by atoms with van der Waals surface area (Å²) in [5.74, 6) is 0.888. The molecule has 0 spiro atoms. The first kappa shape index (κ1) is 44.9. The molecule has 0 unspecified atom stereocenters. The molecule has 334 valence electrons. The normalized spacial score (nSPS) is 22.6. The van der Waals surface area contributed by atoms with Crippen LogP contribution in [0, 0.1) is 5.92 Å². The van der Waals surface area contributed by atoms with Crippen molar-refractivity contribution in [3.05, 3.63) is 174 Å². The van der Waals surface area contributed by atoms with E-state index in [0.29, 0.717) is 28.3 Å². The first-order chi connectivity index (χ1) is 31.2. The Morgan fingerprint density at radius 2 is 1.20 bits per heavy atom. The number of methoxy groups -OCH3 is 2. The van der Waals surface area contributed by atoms with Gasteiger partial charge in [-0.15, -0.1) is 0 Å². The van der Waals surface area contributed by atoms with Gasteiger partial charge in [-0.05, 0) is 46.4 Å². The fourth-order valence-electron chi connectivity index (χ4n) is 8.52. The number of fused-ring (bicyclic) bond motifs is 1. The molecule has 6 aromatic rings. The van der Waals surface area contributed by atoms with E-state index in [9.17, 15) is 5.11 Å². The molecule has 13 heteroatoms. The molecule has 1 N–H and O–H groups in total. The van der Waals surface area contributed by atoms with Crippen LogP contribution >= 0.6 is 0 Å². The largest absolute Gasteiger partial charge is 0.483 e. The number of ether oxygens (including phenoxy) is 6. The molecular weight excluding hydrogens is 831 g/mol. The van der Waals surface area contributed by atoms with E-state index in [-0.39, 0.29) is 55.4 Å². The molecule has 1 aromatic heterocycles. The third-order valence-corrected chi connectivity index (χ3v) is 13.4. The molecule has 7 atom stereocenters. The first-order valence-corrected chi connectivity index (χ1v) is 23.0. The summed E-state index contributed by atoms with van der Waals surface area (Å²) >= 11 is 0. The van der Waals surface area contributed by atoms with Crippen molar-refractivity contribution in [3.63, 3.8) is 0 Å². The number of aliphatic hydroxyl groups excluding tert-OH is 1. The molecule has 1 saturated heterocycles. The quantitative estimate of drug-likeness (QED) is 0.102. The molecular formula is C51H55N3O9S. The number of aliphatic hydroxyl groups is 1. The molecule has 0 bridgehead atoms. The van der Waals surface area contributed by atoms with Crippen molar-refractivity contribution in [2.75, 3.05) is 20.8 Å². The number of hydrogen-bond acceptors (Lipinski definition) is 11. The maximum Gasteiger partial charge on any atom is 0.268 e. The molecule has 3 heterocycles. The van der Waals surface area contributed by atoms with E-state index in [4.69, 9.17) is 38.4 Å².